The average molecular weight is 356 g/mol. The maximum Gasteiger partial charge on any atom is 0.431 e. The number of carbonyl (C=O) groups excluding carboxylic acids is 2. The lowest BCUT2D eigenvalue weighted by molar-refractivity contribution is -0.140. The van der Waals surface area contributed by atoms with E-state index in [1.165, 1.54) is 11.9 Å². The van der Waals surface area contributed by atoms with Gasteiger partial charge in [0.25, 0.3) is 5.91 Å². The van der Waals surface area contributed by atoms with Gasteiger partial charge < -0.3 is 19.8 Å². The van der Waals surface area contributed by atoms with Gasteiger partial charge in [-0.3, -0.25) is 9.59 Å². The fourth-order valence-corrected chi connectivity index (χ4v) is 2.77. The number of alkyl halides is 3. The summed E-state index contributed by atoms with van der Waals surface area (Å²) in [7, 11) is 1.43. The van der Waals surface area contributed by atoms with Crippen molar-refractivity contribution in [2.45, 2.75) is 32.2 Å². The molecule has 2 amide bonds. The molecule has 0 radical (unpaired) electrons. The summed E-state index contributed by atoms with van der Waals surface area (Å²) < 4.78 is 39.9. The third-order valence-electron chi connectivity index (χ3n) is 4.10. The van der Waals surface area contributed by atoms with Crippen molar-refractivity contribution < 1.29 is 22.8 Å². The number of nitrogens with one attached hydrogen (secondary N) is 2. The van der Waals surface area contributed by atoms with E-state index in [1.54, 1.807) is 11.5 Å². The molecule has 2 N–H and O–H groups in total. The second-order valence-electron chi connectivity index (χ2n) is 5.64. The molecule has 1 aliphatic rings. The maximum absolute atomic E-state index is 12.7. The highest BCUT2D eigenvalue weighted by Crippen LogP contribution is 2.29. The smallest absolute Gasteiger partial charge is 0.357 e. The number of carbonyl (C=O) groups is 2. The molecular weight excluding hydrogens is 341 g/mol. The Morgan fingerprint density at radius 1 is 1.36 bits per heavy atom. The summed E-state index contributed by atoms with van der Waals surface area (Å²) in [6.45, 7) is 1.83. The van der Waals surface area contributed by atoms with Gasteiger partial charge >= 0.3 is 6.18 Å². The molecule has 11 heteroatoms. The largest absolute Gasteiger partial charge is 0.431 e. The van der Waals surface area contributed by atoms with E-state index in [0.29, 0.717) is 11.6 Å². The highest BCUT2D eigenvalue weighted by molar-refractivity contribution is 5.97. The molecule has 0 fully saturated rings. The van der Waals surface area contributed by atoms with Gasteiger partial charge in [0.2, 0.25) is 5.91 Å². The summed E-state index contributed by atoms with van der Waals surface area (Å²) in [5, 5.41) is 10.3. The summed E-state index contributed by atoms with van der Waals surface area (Å²) in [6, 6.07) is -0.141. The zero-order valence-electron chi connectivity index (χ0n) is 13.4. The lowest BCUT2D eigenvalue weighted by Crippen LogP contribution is -2.53. The molecule has 8 nitrogen and oxygen atoms in total. The Kier molecular flexibility index (Phi) is 4.01. The molecule has 0 aromatic carbocycles. The van der Waals surface area contributed by atoms with Crippen LogP contribution in [-0.4, -0.2) is 49.6 Å². The molecule has 1 atom stereocenters. The maximum atomic E-state index is 12.7. The van der Waals surface area contributed by atoms with Crippen LogP contribution in [0.5, 0.6) is 0 Å². The van der Waals surface area contributed by atoms with Gasteiger partial charge in [-0.1, -0.05) is 0 Å². The van der Waals surface area contributed by atoms with E-state index in [-0.39, 0.29) is 18.7 Å². The number of hydrogen-bond donors (Lipinski definition) is 2. The van der Waals surface area contributed by atoms with Crippen molar-refractivity contribution in [1.82, 2.24) is 30.0 Å². The fourth-order valence-electron chi connectivity index (χ4n) is 2.77. The second kappa shape index (κ2) is 5.90. The molecule has 0 saturated carbocycles. The van der Waals surface area contributed by atoms with Crippen LogP contribution in [0.4, 0.5) is 13.2 Å². The van der Waals surface area contributed by atoms with E-state index in [1.807, 2.05) is 4.98 Å². The number of likely N-dealkylation sites (N-methyl/N-ethyl adjacent to an activating group) is 1. The van der Waals surface area contributed by atoms with Crippen molar-refractivity contribution in [2.75, 3.05) is 7.05 Å². The molecular formula is C14H15F3N6O2. The molecule has 2 aromatic heterocycles. The van der Waals surface area contributed by atoms with Crippen LogP contribution in [0, 0.1) is 6.92 Å². The molecule has 0 saturated heterocycles. The minimum atomic E-state index is -4.59. The van der Waals surface area contributed by atoms with Gasteiger partial charge in [0.15, 0.2) is 5.82 Å². The fraction of sp³-hybridized carbons (Fsp3) is 0.429. The number of aryl methyl sites for hydroxylation is 1. The van der Waals surface area contributed by atoms with E-state index < -0.39 is 29.7 Å². The minimum absolute atomic E-state index is 0.0235. The van der Waals surface area contributed by atoms with Crippen LogP contribution < -0.4 is 5.32 Å². The van der Waals surface area contributed by atoms with Crippen molar-refractivity contribution in [2.24, 2.45) is 0 Å². The van der Waals surface area contributed by atoms with Crippen LogP contribution in [-0.2, 0) is 24.1 Å². The Morgan fingerprint density at radius 2 is 2.08 bits per heavy atom. The molecule has 3 heterocycles. The van der Waals surface area contributed by atoms with Crippen molar-refractivity contribution in [3.63, 3.8) is 0 Å². The van der Waals surface area contributed by atoms with Crippen molar-refractivity contribution >= 4 is 11.8 Å². The number of aromatic amines is 1. The molecule has 0 bridgehead atoms. The van der Waals surface area contributed by atoms with E-state index in [0.717, 1.165) is 12.3 Å². The average Bonchev–Trinajstić information content (AvgIpc) is 3.19. The van der Waals surface area contributed by atoms with Gasteiger partial charge in [0.1, 0.15) is 17.6 Å². The molecule has 3 rings (SSSR count). The SMILES string of the molecule is CNC(=O)C1Cn2c(C)nnc2CN1C(=O)c1c[nH]c(C(F)(F)F)c1. The first-order chi connectivity index (χ1) is 11.7. The predicted molar refractivity (Wildman–Crippen MR) is 78.3 cm³/mol. The summed E-state index contributed by atoms with van der Waals surface area (Å²) in [5.41, 5.74) is -1.20. The number of halogens is 3. The zero-order valence-corrected chi connectivity index (χ0v) is 13.4. The second-order valence-corrected chi connectivity index (χ2v) is 5.64. The first-order valence-corrected chi connectivity index (χ1v) is 7.39. The number of aromatic nitrogens is 4. The summed E-state index contributed by atoms with van der Waals surface area (Å²) in [5.74, 6) is -0.0412. The van der Waals surface area contributed by atoms with Crippen molar-refractivity contribution in [3.05, 3.63) is 35.2 Å². The quantitative estimate of drug-likeness (QED) is 0.828. The number of amides is 2. The van der Waals surface area contributed by atoms with Crippen molar-refractivity contribution in [1.29, 1.82) is 0 Å². The number of rotatable bonds is 2. The van der Waals surface area contributed by atoms with Crippen molar-refractivity contribution in [3.8, 4) is 0 Å². The Hall–Kier alpha value is -2.85. The van der Waals surface area contributed by atoms with Crippen LogP contribution in [0.3, 0.4) is 0 Å². The molecule has 1 aliphatic heterocycles. The Balaban J connectivity index is 1.94. The normalized spacial score (nSPS) is 17.3. The van der Waals surface area contributed by atoms with Crippen LogP contribution in [0.25, 0.3) is 0 Å². The Bertz CT molecular complexity index is 825. The summed E-state index contributed by atoms with van der Waals surface area (Å²) in [4.78, 5) is 28.1. The van der Waals surface area contributed by atoms with Gasteiger partial charge in [-0.15, -0.1) is 10.2 Å². The lowest BCUT2D eigenvalue weighted by Gasteiger charge is -2.34. The number of H-pyrrole nitrogens is 1. The molecule has 134 valence electrons. The van der Waals surface area contributed by atoms with Gasteiger partial charge in [-0.2, -0.15) is 13.2 Å². The molecule has 0 spiro atoms. The third kappa shape index (κ3) is 2.96. The number of nitrogens with zero attached hydrogens (tertiary/aromatic N) is 4. The van der Waals surface area contributed by atoms with Crippen LogP contribution in [0.1, 0.15) is 27.7 Å². The van der Waals surface area contributed by atoms with Gasteiger partial charge in [0.05, 0.1) is 18.7 Å². The van der Waals surface area contributed by atoms with Crippen LogP contribution in [0.2, 0.25) is 0 Å². The highest BCUT2D eigenvalue weighted by atomic mass is 19.4. The first kappa shape index (κ1) is 17.0. The summed E-state index contributed by atoms with van der Waals surface area (Å²) in [6.07, 6.45) is -3.60. The zero-order chi connectivity index (χ0) is 18.4. The predicted octanol–water partition coefficient (Wildman–Crippen LogP) is 0.704. The first-order valence-electron chi connectivity index (χ1n) is 7.39. The van der Waals surface area contributed by atoms with E-state index >= 15 is 0 Å². The molecule has 0 aliphatic carbocycles. The Morgan fingerprint density at radius 3 is 2.68 bits per heavy atom. The van der Waals surface area contributed by atoms with E-state index in [4.69, 9.17) is 0 Å². The topological polar surface area (TPSA) is 95.9 Å². The standard InChI is InChI=1S/C14H15F3N6O2/c1-7-20-21-11-6-23(9(5-22(7)11)12(24)18-2)13(25)8-3-10(19-4-8)14(15,16)17/h3-4,9,19H,5-6H2,1-2H3,(H,18,24). The molecule has 2 aromatic rings. The van der Waals surface area contributed by atoms with Crippen LogP contribution in [0.15, 0.2) is 12.3 Å². The lowest BCUT2D eigenvalue weighted by atomic mass is 10.1. The van der Waals surface area contributed by atoms with E-state index in [9.17, 15) is 22.8 Å². The van der Waals surface area contributed by atoms with Gasteiger partial charge in [-0.05, 0) is 13.0 Å². The monoisotopic (exact) mass is 356 g/mol. The van der Waals surface area contributed by atoms with Gasteiger partial charge in [0, 0.05) is 13.2 Å². The molecule has 25 heavy (non-hydrogen) atoms. The number of fused-ring (bicyclic) bond motifs is 1. The van der Waals surface area contributed by atoms with E-state index in [2.05, 4.69) is 15.5 Å². The molecule has 1 unspecified atom stereocenters. The third-order valence-corrected chi connectivity index (χ3v) is 4.10. The highest BCUT2D eigenvalue weighted by Gasteiger charge is 2.38. The van der Waals surface area contributed by atoms with Crippen LogP contribution >= 0.6 is 0 Å². The Labute approximate surface area is 140 Å². The minimum Gasteiger partial charge on any atom is -0.357 e. The van der Waals surface area contributed by atoms with Gasteiger partial charge in [-0.25, -0.2) is 0 Å². The number of hydrogen-bond acceptors (Lipinski definition) is 4. The summed E-state index contributed by atoms with van der Waals surface area (Å²) >= 11 is 0.